The van der Waals surface area contributed by atoms with E-state index in [0.717, 1.165) is 39.1 Å². The van der Waals surface area contributed by atoms with Gasteiger partial charge >= 0.3 is 0 Å². The molecule has 25 heavy (non-hydrogen) atoms. The van der Waals surface area contributed by atoms with Crippen molar-refractivity contribution in [3.8, 4) is 0 Å². The highest BCUT2D eigenvalue weighted by atomic mass is 32.1. The van der Waals surface area contributed by atoms with Crippen molar-refractivity contribution >= 4 is 16.5 Å². The summed E-state index contributed by atoms with van der Waals surface area (Å²) in [6.45, 7) is 11.3. The molecule has 5 heteroatoms. The lowest BCUT2D eigenvalue weighted by atomic mass is 10.1. The van der Waals surface area contributed by atoms with Crippen LogP contribution in [-0.4, -0.2) is 54.1 Å². The molecule has 0 N–H and O–H groups in total. The first-order valence-corrected chi connectivity index (χ1v) is 10.4. The van der Waals surface area contributed by atoms with Gasteiger partial charge in [-0.05, 0) is 18.5 Å². The Bertz CT molecular complexity index is 676. The van der Waals surface area contributed by atoms with Crippen LogP contribution in [-0.2, 0) is 19.5 Å². The molecule has 2 aliphatic rings. The summed E-state index contributed by atoms with van der Waals surface area (Å²) in [6, 6.07) is 10.8. The predicted octanol–water partition coefficient (Wildman–Crippen LogP) is 3.23. The highest BCUT2D eigenvalue weighted by Gasteiger charge is 2.24. The van der Waals surface area contributed by atoms with E-state index in [1.807, 2.05) is 11.3 Å². The van der Waals surface area contributed by atoms with Crippen molar-refractivity contribution in [1.82, 2.24) is 14.8 Å². The maximum Gasteiger partial charge on any atom is 0.185 e. The van der Waals surface area contributed by atoms with Crippen LogP contribution in [0.1, 0.15) is 29.5 Å². The van der Waals surface area contributed by atoms with E-state index in [1.54, 1.807) is 0 Å². The zero-order chi connectivity index (χ0) is 17.1. The van der Waals surface area contributed by atoms with E-state index < -0.39 is 0 Å². The van der Waals surface area contributed by atoms with Crippen molar-refractivity contribution in [2.45, 2.75) is 32.9 Å². The molecule has 0 amide bonds. The first-order valence-electron chi connectivity index (χ1n) is 9.54. The number of rotatable bonds is 5. The number of fused-ring (bicyclic) bond motifs is 1. The Morgan fingerprint density at radius 3 is 2.56 bits per heavy atom. The Labute approximate surface area is 155 Å². The minimum Gasteiger partial charge on any atom is -0.346 e. The van der Waals surface area contributed by atoms with Crippen molar-refractivity contribution in [3.63, 3.8) is 0 Å². The second-order valence-electron chi connectivity index (χ2n) is 7.14. The van der Waals surface area contributed by atoms with Crippen LogP contribution in [0.25, 0.3) is 0 Å². The first-order chi connectivity index (χ1) is 12.3. The molecular weight excluding hydrogens is 328 g/mol. The number of hydrogen-bond acceptors (Lipinski definition) is 5. The minimum absolute atomic E-state index is 1.04. The molecule has 4 rings (SSSR count). The van der Waals surface area contributed by atoms with Gasteiger partial charge in [-0.1, -0.05) is 37.3 Å². The van der Waals surface area contributed by atoms with Crippen LogP contribution >= 0.6 is 11.3 Å². The van der Waals surface area contributed by atoms with Crippen LogP contribution in [0.15, 0.2) is 30.3 Å². The van der Waals surface area contributed by atoms with Crippen LogP contribution in [0.5, 0.6) is 0 Å². The maximum atomic E-state index is 4.99. The quantitative estimate of drug-likeness (QED) is 0.820. The molecule has 134 valence electrons. The monoisotopic (exact) mass is 356 g/mol. The number of nitrogens with zero attached hydrogens (tertiary/aromatic N) is 4. The van der Waals surface area contributed by atoms with Gasteiger partial charge in [-0.2, -0.15) is 0 Å². The molecule has 1 saturated heterocycles. The zero-order valence-electron chi connectivity index (χ0n) is 15.2. The molecule has 3 heterocycles. The lowest BCUT2D eigenvalue weighted by molar-refractivity contribution is 0.247. The van der Waals surface area contributed by atoms with Crippen molar-refractivity contribution in [3.05, 3.63) is 46.5 Å². The van der Waals surface area contributed by atoms with Gasteiger partial charge in [0.1, 0.15) is 0 Å². The summed E-state index contributed by atoms with van der Waals surface area (Å²) in [6.07, 6.45) is 2.34. The third-order valence-corrected chi connectivity index (χ3v) is 6.37. The minimum atomic E-state index is 1.04. The fourth-order valence-electron chi connectivity index (χ4n) is 3.83. The molecule has 0 atom stereocenters. The van der Waals surface area contributed by atoms with Crippen molar-refractivity contribution in [2.75, 3.05) is 44.2 Å². The molecule has 0 radical (unpaired) electrons. The van der Waals surface area contributed by atoms with Gasteiger partial charge < -0.3 is 4.90 Å². The normalized spacial score (nSPS) is 19.2. The van der Waals surface area contributed by atoms with Gasteiger partial charge in [-0.15, -0.1) is 11.3 Å². The van der Waals surface area contributed by atoms with Gasteiger partial charge in [0.25, 0.3) is 0 Å². The maximum absolute atomic E-state index is 4.99. The van der Waals surface area contributed by atoms with Crippen molar-refractivity contribution in [1.29, 1.82) is 0 Å². The summed E-state index contributed by atoms with van der Waals surface area (Å²) in [5, 5.41) is 1.25. The summed E-state index contributed by atoms with van der Waals surface area (Å²) in [5.74, 6) is 0. The molecular formula is C20H28N4S. The molecule has 0 unspecified atom stereocenters. The Hall–Kier alpha value is -1.43. The molecule has 0 spiro atoms. The van der Waals surface area contributed by atoms with Crippen LogP contribution in [0.3, 0.4) is 0 Å². The second kappa shape index (κ2) is 7.85. The number of benzene rings is 1. The molecule has 1 aromatic heterocycles. The van der Waals surface area contributed by atoms with E-state index in [-0.39, 0.29) is 0 Å². The molecule has 1 fully saturated rings. The summed E-state index contributed by atoms with van der Waals surface area (Å²) >= 11 is 1.93. The van der Waals surface area contributed by atoms with E-state index >= 15 is 0 Å². The number of piperazine rings is 1. The lowest BCUT2D eigenvalue weighted by Gasteiger charge is -2.34. The van der Waals surface area contributed by atoms with Crippen LogP contribution in [0, 0.1) is 0 Å². The average molecular weight is 357 g/mol. The fourth-order valence-corrected chi connectivity index (χ4v) is 5.03. The highest BCUT2D eigenvalue weighted by Crippen LogP contribution is 2.31. The summed E-state index contributed by atoms with van der Waals surface area (Å²) < 4.78 is 0. The molecule has 0 saturated carbocycles. The topological polar surface area (TPSA) is 22.6 Å². The molecule has 2 aromatic rings. The number of aromatic nitrogens is 1. The van der Waals surface area contributed by atoms with E-state index in [2.05, 4.69) is 52.0 Å². The van der Waals surface area contributed by atoms with Gasteiger partial charge in [-0.25, -0.2) is 4.98 Å². The van der Waals surface area contributed by atoms with E-state index in [1.165, 1.54) is 47.3 Å². The Morgan fingerprint density at radius 2 is 1.80 bits per heavy atom. The molecule has 1 aromatic carbocycles. The van der Waals surface area contributed by atoms with Crippen LogP contribution in [0.4, 0.5) is 5.13 Å². The zero-order valence-corrected chi connectivity index (χ0v) is 16.0. The third-order valence-electron chi connectivity index (χ3n) is 5.23. The Morgan fingerprint density at radius 1 is 1.00 bits per heavy atom. The van der Waals surface area contributed by atoms with Crippen LogP contribution in [0.2, 0.25) is 0 Å². The van der Waals surface area contributed by atoms with Gasteiger partial charge in [-0.3, -0.25) is 9.80 Å². The van der Waals surface area contributed by atoms with Gasteiger partial charge in [0.15, 0.2) is 5.13 Å². The molecule has 2 aliphatic heterocycles. The van der Waals surface area contributed by atoms with Gasteiger partial charge in [0.05, 0.1) is 5.69 Å². The smallest absolute Gasteiger partial charge is 0.185 e. The third kappa shape index (κ3) is 4.05. The molecule has 0 aliphatic carbocycles. The van der Waals surface area contributed by atoms with Crippen LogP contribution < -0.4 is 4.90 Å². The predicted molar refractivity (Wildman–Crippen MR) is 105 cm³/mol. The molecule has 0 bridgehead atoms. The highest BCUT2D eigenvalue weighted by molar-refractivity contribution is 7.15. The van der Waals surface area contributed by atoms with E-state index in [4.69, 9.17) is 4.98 Å². The van der Waals surface area contributed by atoms with Gasteiger partial charge in [0.2, 0.25) is 0 Å². The summed E-state index contributed by atoms with van der Waals surface area (Å²) in [7, 11) is 0. The fraction of sp³-hybridized carbons (Fsp3) is 0.550. The average Bonchev–Trinajstić information content (AvgIpc) is 3.07. The SMILES string of the molecule is CCCN1CCN(c2nc3c(s2)CN(Cc2ccccc2)CC3)CC1. The number of thiazole rings is 1. The standard InChI is InChI=1S/C20H28N4S/c1-2-9-22-11-13-24(14-12-22)20-21-18-8-10-23(16-19(18)25-20)15-17-6-4-3-5-7-17/h3-7H,2,8-16H2,1H3. The number of hydrogen-bond donors (Lipinski definition) is 0. The van der Waals surface area contributed by atoms with E-state index in [0.29, 0.717) is 0 Å². The summed E-state index contributed by atoms with van der Waals surface area (Å²) in [4.78, 5) is 14.1. The Balaban J connectivity index is 1.38. The molecule has 4 nitrogen and oxygen atoms in total. The largest absolute Gasteiger partial charge is 0.346 e. The summed E-state index contributed by atoms with van der Waals surface area (Å²) in [5.41, 5.74) is 2.75. The number of anilines is 1. The van der Waals surface area contributed by atoms with E-state index in [9.17, 15) is 0 Å². The second-order valence-corrected chi connectivity index (χ2v) is 8.20. The lowest BCUT2D eigenvalue weighted by Crippen LogP contribution is -2.46. The first kappa shape index (κ1) is 17.0. The van der Waals surface area contributed by atoms with Crippen molar-refractivity contribution < 1.29 is 0 Å². The van der Waals surface area contributed by atoms with Gasteiger partial charge in [0, 0.05) is 57.1 Å². The van der Waals surface area contributed by atoms with Crippen molar-refractivity contribution in [2.24, 2.45) is 0 Å². The Kier molecular flexibility index (Phi) is 5.34.